The predicted molar refractivity (Wildman–Crippen MR) is 72.8 cm³/mol. The summed E-state index contributed by atoms with van der Waals surface area (Å²) in [6.45, 7) is 2.10. The molecule has 100 valence electrons. The van der Waals surface area contributed by atoms with Crippen molar-refractivity contribution in [3.8, 4) is 0 Å². The molecule has 1 aliphatic carbocycles. The van der Waals surface area contributed by atoms with Gasteiger partial charge in [0.25, 0.3) is 0 Å². The minimum Gasteiger partial charge on any atom is -0.339 e. The number of nitrogens with zero attached hydrogens (tertiary/aromatic N) is 2. The van der Waals surface area contributed by atoms with Gasteiger partial charge in [-0.05, 0) is 37.3 Å². The summed E-state index contributed by atoms with van der Waals surface area (Å²) >= 11 is 0. The molecule has 1 saturated carbocycles. The summed E-state index contributed by atoms with van der Waals surface area (Å²) < 4.78 is 5.31. The highest BCUT2D eigenvalue weighted by Gasteiger charge is 2.34. The van der Waals surface area contributed by atoms with E-state index in [1.165, 1.54) is 17.5 Å². The Morgan fingerprint density at radius 2 is 2.11 bits per heavy atom. The fourth-order valence-electron chi connectivity index (χ4n) is 2.52. The molecule has 0 unspecified atom stereocenters. The first-order valence-electron chi connectivity index (χ1n) is 6.79. The van der Waals surface area contributed by atoms with Crippen molar-refractivity contribution in [2.75, 3.05) is 0 Å². The maximum Gasteiger partial charge on any atom is 0.228 e. The van der Waals surface area contributed by atoms with Gasteiger partial charge in [0.05, 0.1) is 0 Å². The molecule has 1 heterocycles. The maximum atomic E-state index is 6.19. The van der Waals surface area contributed by atoms with Crippen LogP contribution in [0.2, 0.25) is 0 Å². The minimum absolute atomic E-state index is 0.105. The molecule has 19 heavy (non-hydrogen) atoms. The summed E-state index contributed by atoms with van der Waals surface area (Å²) in [5.74, 6) is 1.41. The summed E-state index contributed by atoms with van der Waals surface area (Å²) in [7, 11) is 0. The van der Waals surface area contributed by atoms with Gasteiger partial charge in [0.2, 0.25) is 5.89 Å². The van der Waals surface area contributed by atoms with Gasteiger partial charge in [-0.25, -0.2) is 0 Å². The summed E-state index contributed by atoms with van der Waals surface area (Å²) in [6, 6.07) is 8.27. The van der Waals surface area contributed by atoms with Crippen LogP contribution in [0, 0.1) is 6.92 Å². The van der Waals surface area contributed by atoms with Gasteiger partial charge < -0.3 is 10.3 Å². The van der Waals surface area contributed by atoms with E-state index in [-0.39, 0.29) is 5.54 Å². The molecule has 0 saturated heterocycles. The van der Waals surface area contributed by atoms with E-state index < -0.39 is 0 Å². The molecule has 0 spiro atoms. The Hall–Kier alpha value is -1.68. The van der Waals surface area contributed by atoms with Crippen molar-refractivity contribution in [1.29, 1.82) is 0 Å². The number of hydrogen-bond donors (Lipinski definition) is 1. The molecule has 2 N–H and O–H groups in total. The number of nitrogens with two attached hydrogens (primary N) is 1. The van der Waals surface area contributed by atoms with Crippen LogP contribution in [0.4, 0.5) is 0 Å². The molecule has 4 nitrogen and oxygen atoms in total. The first-order chi connectivity index (χ1) is 9.15. The van der Waals surface area contributed by atoms with Crippen molar-refractivity contribution in [1.82, 2.24) is 10.1 Å². The third-order valence-electron chi connectivity index (χ3n) is 3.97. The lowest BCUT2D eigenvalue weighted by atomic mass is 9.75. The molecule has 0 aliphatic heterocycles. The normalized spacial score (nSPS) is 17.2. The van der Waals surface area contributed by atoms with Crippen molar-refractivity contribution in [3.05, 3.63) is 47.1 Å². The van der Waals surface area contributed by atoms with E-state index in [4.69, 9.17) is 10.3 Å². The Balaban J connectivity index is 1.70. The average molecular weight is 257 g/mol. The molecule has 0 atom stereocenters. The van der Waals surface area contributed by atoms with E-state index in [9.17, 15) is 0 Å². The first-order valence-corrected chi connectivity index (χ1v) is 6.79. The molecular weight excluding hydrogens is 238 g/mol. The van der Waals surface area contributed by atoms with Gasteiger partial charge in [-0.3, -0.25) is 0 Å². The second-order valence-electron chi connectivity index (χ2n) is 5.60. The molecule has 0 amide bonds. The topological polar surface area (TPSA) is 64.9 Å². The molecule has 1 aromatic heterocycles. The zero-order valence-corrected chi connectivity index (χ0v) is 11.2. The summed E-state index contributed by atoms with van der Waals surface area (Å²) in [6.07, 6.45) is 4.74. The van der Waals surface area contributed by atoms with E-state index in [1.807, 2.05) is 12.1 Å². The summed E-state index contributed by atoms with van der Waals surface area (Å²) in [5, 5.41) is 4.05. The monoisotopic (exact) mass is 257 g/mol. The third-order valence-corrected chi connectivity index (χ3v) is 3.97. The van der Waals surface area contributed by atoms with Crippen molar-refractivity contribution in [3.63, 3.8) is 0 Å². The highest BCUT2D eigenvalue weighted by molar-refractivity contribution is 5.28. The second-order valence-corrected chi connectivity index (χ2v) is 5.60. The van der Waals surface area contributed by atoms with Crippen molar-refractivity contribution < 1.29 is 4.52 Å². The molecule has 0 radical (unpaired) electrons. The predicted octanol–water partition coefficient (Wildman–Crippen LogP) is 2.39. The Morgan fingerprint density at radius 3 is 2.79 bits per heavy atom. The van der Waals surface area contributed by atoms with Gasteiger partial charge >= 0.3 is 0 Å². The quantitative estimate of drug-likeness (QED) is 0.913. The van der Waals surface area contributed by atoms with Crippen molar-refractivity contribution in [2.45, 2.75) is 44.6 Å². The highest BCUT2D eigenvalue weighted by Crippen LogP contribution is 2.31. The van der Waals surface area contributed by atoms with E-state index >= 15 is 0 Å². The standard InChI is InChI=1S/C15H19N3O/c1-11-5-2-3-6-12(11)9-13-17-14(19-18-13)10-15(16)7-4-8-15/h2-3,5-6H,4,7-10,16H2,1H3. The van der Waals surface area contributed by atoms with Gasteiger partial charge in [0, 0.05) is 18.4 Å². The van der Waals surface area contributed by atoms with Gasteiger partial charge in [-0.2, -0.15) is 4.98 Å². The van der Waals surface area contributed by atoms with Gasteiger partial charge in [-0.1, -0.05) is 29.4 Å². The van der Waals surface area contributed by atoms with Gasteiger partial charge in [0.1, 0.15) is 0 Å². The number of aromatic nitrogens is 2. The zero-order chi connectivity index (χ0) is 13.3. The van der Waals surface area contributed by atoms with Crippen LogP contribution in [0.15, 0.2) is 28.8 Å². The smallest absolute Gasteiger partial charge is 0.228 e. The van der Waals surface area contributed by atoms with E-state index in [0.29, 0.717) is 18.7 Å². The number of hydrogen-bond acceptors (Lipinski definition) is 4. The summed E-state index contributed by atoms with van der Waals surface area (Å²) in [5.41, 5.74) is 8.58. The van der Waals surface area contributed by atoms with E-state index in [1.54, 1.807) is 0 Å². The van der Waals surface area contributed by atoms with Gasteiger partial charge in [-0.15, -0.1) is 0 Å². The lowest BCUT2D eigenvalue weighted by Gasteiger charge is -2.36. The zero-order valence-electron chi connectivity index (χ0n) is 11.2. The van der Waals surface area contributed by atoms with Crippen molar-refractivity contribution >= 4 is 0 Å². The van der Waals surface area contributed by atoms with Crippen LogP contribution in [0.5, 0.6) is 0 Å². The van der Waals surface area contributed by atoms with Crippen LogP contribution >= 0.6 is 0 Å². The van der Waals surface area contributed by atoms with E-state index in [2.05, 4.69) is 29.2 Å². The van der Waals surface area contributed by atoms with Crippen LogP contribution in [0.1, 0.15) is 42.1 Å². The minimum atomic E-state index is -0.105. The molecule has 2 aromatic rings. The SMILES string of the molecule is Cc1ccccc1Cc1noc(CC2(N)CCC2)n1. The highest BCUT2D eigenvalue weighted by atomic mass is 16.5. The Labute approximate surface area is 113 Å². The summed E-state index contributed by atoms with van der Waals surface area (Å²) in [4.78, 5) is 4.46. The largest absolute Gasteiger partial charge is 0.339 e. The lowest BCUT2D eigenvalue weighted by Crippen LogP contribution is -2.48. The van der Waals surface area contributed by atoms with Crippen LogP contribution in [-0.2, 0) is 12.8 Å². The lowest BCUT2D eigenvalue weighted by molar-refractivity contribution is 0.221. The van der Waals surface area contributed by atoms with Crippen LogP contribution in [0.25, 0.3) is 0 Å². The molecular formula is C15H19N3O. The number of aryl methyl sites for hydroxylation is 1. The molecule has 1 aliphatic rings. The average Bonchev–Trinajstić information content (AvgIpc) is 2.78. The number of rotatable bonds is 4. The fourth-order valence-corrected chi connectivity index (χ4v) is 2.52. The third kappa shape index (κ3) is 2.68. The van der Waals surface area contributed by atoms with Crippen LogP contribution < -0.4 is 5.73 Å². The van der Waals surface area contributed by atoms with Crippen LogP contribution in [-0.4, -0.2) is 15.7 Å². The fraction of sp³-hybridized carbons (Fsp3) is 0.467. The molecule has 1 fully saturated rings. The Bertz CT molecular complexity index is 572. The number of benzene rings is 1. The molecule has 1 aromatic carbocycles. The Kier molecular flexibility index (Phi) is 3.11. The van der Waals surface area contributed by atoms with Gasteiger partial charge in [0.15, 0.2) is 5.82 Å². The maximum absolute atomic E-state index is 6.19. The second kappa shape index (κ2) is 4.78. The molecule has 3 rings (SSSR count). The Morgan fingerprint density at radius 1 is 1.32 bits per heavy atom. The first kappa shape index (κ1) is 12.4. The molecule has 0 bridgehead atoms. The van der Waals surface area contributed by atoms with Crippen LogP contribution in [0.3, 0.4) is 0 Å². The van der Waals surface area contributed by atoms with E-state index in [0.717, 1.165) is 18.7 Å². The van der Waals surface area contributed by atoms with Crippen molar-refractivity contribution in [2.24, 2.45) is 5.73 Å². The molecule has 4 heteroatoms.